The van der Waals surface area contributed by atoms with Crippen molar-refractivity contribution >= 4 is 21.4 Å². The van der Waals surface area contributed by atoms with Crippen molar-refractivity contribution in [2.24, 2.45) is 11.8 Å². The van der Waals surface area contributed by atoms with Crippen molar-refractivity contribution in [1.82, 2.24) is 10.2 Å². The summed E-state index contributed by atoms with van der Waals surface area (Å²) < 4.78 is 1.43. The molecule has 2 aliphatic rings. The molecular weight excluding hydrogens is 252 g/mol. The smallest absolute Gasteiger partial charge is 0.0346 e. The molecule has 1 aromatic heterocycles. The van der Waals surface area contributed by atoms with E-state index in [0.29, 0.717) is 0 Å². The van der Waals surface area contributed by atoms with E-state index in [1.807, 2.05) is 11.3 Å². The summed E-state index contributed by atoms with van der Waals surface area (Å²) >= 11 is 1.88. The molecule has 0 saturated carbocycles. The highest BCUT2D eigenvalue weighted by Crippen LogP contribution is 2.30. The van der Waals surface area contributed by atoms with Crippen LogP contribution in [0.15, 0.2) is 29.6 Å². The molecule has 4 rings (SSSR count). The van der Waals surface area contributed by atoms with Crippen LogP contribution in [0.2, 0.25) is 0 Å². The largest absolute Gasteiger partial charge is 0.316 e. The molecule has 1 aromatic carbocycles. The number of hydrogen-bond acceptors (Lipinski definition) is 3. The van der Waals surface area contributed by atoms with Crippen LogP contribution in [0, 0.1) is 11.8 Å². The maximum absolute atomic E-state index is 3.55. The maximum Gasteiger partial charge on any atom is 0.0346 e. The Balaban J connectivity index is 1.52. The van der Waals surface area contributed by atoms with E-state index in [1.54, 1.807) is 0 Å². The van der Waals surface area contributed by atoms with Gasteiger partial charge in [-0.1, -0.05) is 18.2 Å². The molecule has 2 fully saturated rings. The summed E-state index contributed by atoms with van der Waals surface area (Å²) in [6.07, 6.45) is 1.37. The first-order valence-corrected chi connectivity index (χ1v) is 8.16. The maximum atomic E-state index is 3.55. The third kappa shape index (κ3) is 2.20. The topological polar surface area (TPSA) is 15.3 Å². The summed E-state index contributed by atoms with van der Waals surface area (Å²) in [5.74, 6) is 1.83. The standard InChI is InChI=1S/C16H20N2S/c1-2-4-16-15(3-1)14(11-19-16)10-18-6-5-12-7-17-8-13(12)9-18/h1-4,11-13,17H,5-10H2. The van der Waals surface area contributed by atoms with E-state index in [1.165, 1.54) is 48.2 Å². The lowest BCUT2D eigenvalue weighted by Gasteiger charge is -2.34. The molecule has 2 aromatic rings. The zero-order chi connectivity index (χ0) is 12.7. The molecule has 2 nitrogen and oxygen atoms in total. The first kappa shape index (κ1) is 11.9. The van der Waals surface area contributed by atoms with Gasteiger partial charge in [0.2, 0.25) is 0 Å². The molecule has 0 amide bonds. The van der Waals surface area contributed by atoms with Gasteiger partial charge in [0, 0.05) is 17.8 Å². The minimum Gasteiger partial charge on any atom is -0.316 e. The van der Waals surface area contributed by atoms with E-state index < -0.39 is 0 Å². The van der Waals surface area contributed by atoms with Crippen LogP contribution < -0.4 is 5.32 Å². The second kappa shape index (κ2) is 4.89. The number of benzene rings is 1. The third-order valence-corrected chi connectivity index (χ3v) is 5.76. The Kier molecular flexibility index (Phi) is 3.06. The third-order valence-electron chi connectivity index (χ3n) is 4.74. The van der Waals surface area contributed by atoms with Gasteiger partial charge in [0.15, 0.2) is 0 Å². The Morgan fingerprint density at radius 1 is 1.21 bits per heavy atom. The SMILES string of the molecule is c1ccc2c(CN3CCC4CNCC4C3)csc2c1. The number of piperidine rings is 1. The Morgan fingerprint density at radius 3 is 3.11 bits per heavy atom. The van der Waals surface area contributed by atoms with Gasteiger partial charge in [0.1, 0.15) is 0 Å². The van der Waals surface area contributed by atoms with Gasteiger partial charge in [-0.2, -0.15) is 0 Å². The molecule has 2 unspecified atom stereocenters. The van der Waals surface area contributed by atoms with Crippen molar-refractivity contribution in [1.29, 1.82) is 0 Å². The van der Waals surface area contributed by atoms with Crippen molar-refractivity contribution in [2.75, 3.05) is 26.2 Å². The zero-order valence-electron chi connectivity index (χ0n) is 11.1. The average Bonchev–Trinajstić information content (AvgIpc) is 3.06. The highest BCUT2D eigenvalue weighted by atomic mass is 32.1. The van der Waals surface area contributed by atoms with Crippen molar-refractivity contribution in [3.63, 3.8) is 0 Å². The van der Waals surface area contributed by atoms with Crippen molar-refractivity contribution in [3.8, 4) is 0 Å². The molecule has 0 spiro atoms. The lowest BCUT2D eigenvalue weighted by molar-refractivity contribution is 0.143. The molecule has 2 saturated heterocycles. The number of nitrogens with zero attached hydrogens (tertiary/aromatic N) is 1. The van der Waals surface area contributed by atoms with Gasteiger partial charge in [0.25, 0.3) is 0 Å². The van der Waals surface area contributed by atoms with Crippen LogP contribution in [0.25, 0.3) is 10.1 Å². The fraction of sp³-hybridized carbons (Fsp3) is 0.500. The summed E-state index contributed by atoms with van der Waals surface area (Å²) in [5, 5.41) is 7.36. The predicted octanol–water partition coefficient (Wildman–Crippen LogP) is 2.94. The number of likely N-dealkylation sites (tertiary alicyclic amines) is 1. The lowest BCUT2D eigenvalue weighted by atomic mass is 9.88. The molecular formula is C16H20N2S. The molecule has 0 radical (unpaired) electrons. The van der Waals surface area contributed by atoms with Crippen molar-refractivity contribution in [3.05, 3.63) is 35.2 Å². The second-order valence-corrected chi connectivity index (χ2v) is 6.87. The van der Waals surface area contributed by atoms with Crippen LogP contribution in [0.1, 0.15) is 12.0 Å². The van der Waals surface area contributed by atoms with Crippen LogP contribution >= 0.6 is 11.3 Å². The molecule has 2 atom stereocenters. The number of fused-ring (bicyclic) bond motifs is 2. The van der Waals surface area contributed by atoms with Gasteiger partial charge in [-0.3, -0.25) is 4.90 Å². The van der Waals surface area contributed by atoms with E-state index in [2.05, 4.69) is 39.9 Å². The fourth-order valence-corrected chi connectivity index (χ4v) is 4.60. The molecule has 1 N–H and O–H groups in total. The van der Waals surface area contributed by atoms with Crippen LogP contribution in [-0.2, 0) is 6.54 Å². The minimum atomic E-state index is 0.888. The fourth-order valence-electron chi connectivity index (χ4n) is 3.65. The van der Waals surface area contributed by atoms with Crippen LogP contribution in [0.3, 0.4) is 0 Å². The summed E-state index contributed by atoms with van der Waals surface area (Å²) in [4.78, 5) is 2.66. The molecule has 3 heterocycles. The Bertz CT molecular complexity index is 577. The van der Waals surface area contributed by atoms with Gasteiger partial charge >= 0.3 is 0 Å². The van der Waals surface area contributed by atoms with Gasteiger partial charge in [-0.05, 0) is 60.3 Å². The Hall–Kier alpha value is -0.900. The summed E-state index contributed by atoms with van der Waals surface area (Å²) in [5.41, 5.74) is 1.52. The molecule has 100 valence electrons. The zero-order valence-corrected chi connectivity index (χ0v) is 12.0. The second-order valence-electron chi connectivity index (χ2n) is 5.96. The normalized spacial score (nSPS) is 27.8. The van der Waals surface area contributed by atoms with Crippen molar-refractivity contribution in [2.45, 2.75) is 13.0 Å². The van der Waals surface area contributed by atoms with E-state index >= 15 is 0 Å². The van der Waals surface area contributed by atoms with Crippen LogP contribution in [0.4, 0.5) is 0 Å². The Labute approximate surface area is 118 Å². The highest BCUT2D eigenvalue weighted by molar-refractivity contribution is 7.17. The van der Waals surface area contributed by atoms with E-state index in [4.69, 9.17) is 0 Å². The summed E-state index contributed by atoms with van der Waals surface area (Å²) in [6, 6.07) is 8.80. The molecule has 3 heteroatoms. The van der Waals surface area contributed by atoms with Crippen LogP contribution in [-0.4, -0.2) is 31.1 Å². The van der Waals surface area contributed by atoms with E-state index in [0.717, 1.165) is 18.4 Å². The number of hydrogen-bond donors (Lipinski definition) is 1. The van der Waals surface area contributed by atoms with Gasteiger partial charge in [-0.15, -0.1) is 11.3 Å². The number of thiophene rings is 1. The molecule has 19 heavy (non-hydrogen) atoms. The predicted molar refractivity (Wildman–Crippen MR) is 81.6 cm³/mol. The summed E-state index contributed by atoms with van der Waals surface area (Å²) in [6.45, 7) is 6.16. The first-order chi connectivity index (χ1) is 9.40. The quantitative estimate of drug-likeness (QED) is 0.904. The lowest BCUT2D eigenvalue weighted by Crippen LogP contribution is -2.39. The van der Waals surface area contributed by atoms with Gasteiger partial charge < -0.3 is 5.32 Å². The monoisotopic (exact) mass is 272 g/mol. The van der Waals surface area contributed by atoms with Crippen molar-refractivity contribution < 1.29 is 0 Å². The van der Waals surface area contributed by atoms with Gasteiger partial charge in [0.05, 0.1) is 0 Å². The molecule has 0 bridgehead atoms. The highest BCUT2D eigenvalue weighted by Gasteiger charge is 2.32. The van der Waals surface area contributed by atoms with Gasteiger partial charge in [-0.25, -0.2) is 0 Å². The molecule has 0 aliphatic carbocycles. The average molecular weight is 272 g/mol. The van der Waals surface area contributed by atoms with E-state index in [-0.39, 0.29) is 0 Å². The Morgan fingerprint density at radius 2 is 2.11 bits per heavy atom. The molecule has 2 aliphatic heterocycles. The number of rotatable bonds is 2. The first-order valence-electron chi connectivity index (χ1n) is 7.28. The van der Waals surface area contributed by atoms with E-state index in [9.17, 15) is 0 Å². The van der Waals surface area contributed by atoms with Crippen LogP contribution in [0.5, 0.6) is 0 Å². The minimum absolute atomic E-state index is 0.888. The number of nitrogens with one attached hydrogen (secondary N) is 1. The summed E-state index contributed by atoms with van der Waals surface area (Å²) in [7, 11) is 0.